The molecule has 0 radical (unpaired) electrons. The molecule has 6 rings (SSSR count). The number of phenolic OH excluding ortho intramolecular Hbond substituents is 1. The van der Waals surface area contributed by atoms with Crippen molar-refractivity contribution in [2.45, 2.75) is 58.5 Å². The van der Waals surface area contributed by atoms with Crippen molar-refractivity contribution in [1.29, 1.82) is 0 Å². The Hall–Kier alpha value is -3.34. The first-order valence-corrected chi connectivity index (χ1v) is 13.9. The van der Waals surface area contributed by atoms with Gasteiger partial charge in [-0.3, -0.25) is 4.79 Å². The summed E-state index contributed by atoms with van der Waals surface area (Å²) in [6, 6.07) is 16.2. The third-order valence-electron chi connectivity index (χ3n) is 10.5. The Labute approximate surface area is 224 Å². The van der Waals surface area contributed by atoms with Crippen LogP contribution in [0.4, 0.5) is 0 Å². The van der Waals surface area contributed by atoms with Gasteiger partial charge < -0.3 is 14.9 Å². The summed E-state index contributed by atoms with van der Waals surface area (Å²) in [7, 11) is 0. The van der Waals surface area contributed by atoms with Crippen molar-refractivity contribution in [3.8, 4) is 11.5 Å². The van der Waals surface area contributed by atoms with E-state index in [2.05, 4.69) is 19.9 Å². The van der Waals surface area contributed by atoms with Crippen molar-refractivity contribution in [2.24, 2.45) is 34.5 Å². The van der Waals surface area contributed by atoms with Gasteiger partial charge in [0, 0.05) is 11.5 Å². The van der Waals surface area contributed by atoms with E-state index in [0.717, 1.165) is 37.7 Å². The van der Waals surface area contributed by atoms with Gasteiger partial charge >= 0.3 is 5.97 Å². The molecule has 38 heavy (non-hydrogen) atoms. The summed E-state index contributed by atoms with van der Waals surface area (Å²) in [5.74, 6) is 1.51. The maximum absolute atomic E-state index is 13.6. The number of allylic oxidation sites excluding steroid dienone is 3. The summed E-state index contributed by atoms with van der Waals surface area (Å²) in [5, 5.41) is 19.7. The number of hydrogen-bond acceptors (Lipinski definition) is 4. The van der Waals surface area contributed by atoms with E-state index in [1.165, 1.54) is 0 Å². The number of Topliss-reactive ketones (excluding diaryl/α,β-unsaturated/α-hetero) is 1. The lowest BCUT2D eigenvalue weighted by atomic mass is 9.47. The zero-order valence-corrected chi connectivity index (χ0v) is 22.1. The van der Waals surface area contributed by atoms with Crippen molar-refractivity contribution in [1.82, 2.24) is 0 Å². The molecule has 0 heterocycles. The lowest BCUT2D eigenvalue weighted by molar-refractivity contribution is -0.134. The molecule has 2 N–H and O–H groups in total. The molecule has 0 aromatic heterocycles. The predicted octanol–water partition coefficient (Wildman–Crippen LogP) is 6.83. The molecule has 0 bridgehead atoms. The number of fused-ring (bicyclic) bond motifs is 5. The number of benzene rings is 2. The maximum Gasteiger partial charge on any atom is 0.335 e. The van der Waals surface area contributed by atoms with Gasteiger partial charge in [0.15, 0.2) is 5.78 Å². The number of para-hydroxylation sites is 1. The molecular formula is C33H36O5. The van der Waals surface area contributed by atoms with Crippen LogP contribution in [0.25, 0.3) is 0 Å². The first-order chi connectivity index (χ1) is 18.2. The van der Waals surface area contributed by atoms with Crippen LogP contribution in [-0.2, 0) is 4.79 Å². The minimum absolute atomic E-state index is 0.00444. The van der Waals surface area contributed by atoms with Gasteiger partial charge in [-0.15, -0.1) is 0 Å². The minimum atomic E-state index is -0.918. The van der Waals surface area contributed by atoms with Crippen LogP contribution in [-0.4, -0.2) is 28.1 Å². The minimum Gasteiger partial charge on any atom is -0.508 e. The fourth-order valence-electron chi connectivity index (χ4n) is 8.59. The van der Waals surface area contributed by atoms with Crippen LogP contribution in [0.3, 0.4) is 0 Å². The molecule has 2 aromatic rings. The molecule has 2 fully saturated rings. The number of ketones is 1. The van der Waals surface area contributed by atoms with Crippen molar-refractivity contribution in [3.05, 3.63) is 83.5 Å². The first kappa shape index (κ1) is 25.0. The Morgan fingerprint density at radius 3 is 2.39 bits per heavy atom. The number of carboxylic acids is 1. The van der Waals surface area contributed by atoms with Crippen LogP contribution in [0.5, 0.6) is 11.5 Å². The molecule has 5 heteroatoms. The van der Waals surface area contributed by atoms with E-state index in [4.69, 9.17) is 4.74 Å². The third kappa shape index (κ3) is 3.90. The maximum atomic E-state index is 13.6. The molecule has 0 saturated heterocycles. The number of aliphatic carboxylic acids is 1. The summed E-state index contributed by atoms with van der Waals surface area (Å²) >= 11 is 0. The average Bonchev–Trinajstić information content (AvgIpc) is 3.26. The van der Waals surface area contributed by atoms with Gasteiger partial charge in [-0.2, -0.15) is 0 Å². The molecule has 0 spiro atoms. The second kappa shape index (κ2) is 9.14. The van der Waals surface area contributed by atoms with Gasteiger partial charge in [-0.05, 0) is 115 Å². The number of carbonyl (C=O) groups is 2. The number of carboxylic acid groups (broad SMARTS) is 1. The molecule has 0 aliphatic heterocycles. The Bertz CT molecular complexity index is 1310. The highest BCUT2D eigenvalue weighted by Crippen LogP contribution is 2.66. The molecule has 4 aliphatic rings. The Balaban J connectivity index is 1.29. The summed E-state index contributed by atoms with van der Waals surface area (Å²) in [4.78, 5) is 25.8. The quantitative estimate of drug-likeness (QED) is 0.429. The molecule has 0 amide bonds. The molecular weight excluding hydrogens is 476 g/mol. The van der Waals surface area contributed by atoms with Crippen molar-refractivity contribution >= 4 is 11.8 Å². The fraction of sp³-hybridized carbons (Fsp3) is 0.455. The SMILES string of the molecule is C[C@]12CC[C@H]3[C@@H](CC=C4C=C(C(=O)O)[C@H](Oc5ccccc5)C[C@@]43C)[C@@H]1CC[C@@H]2C(=O)c1ccc(O)cc1. The number of aromatic hydroxyl groups is 1. The van der Waals surface area contributed by atoms with Gasteiger partial charge in [0.25, 0.3) is 0 Å². The highest BCUT2D eigenvalue weighted by atomic mass is 16.5. The van der Waals surface area contributed by atoms with Gasteiger partial charge in [0.2, 0.25) is 0 Å². The van der Waals surface area contributed by atoms with E-state index >= 15 is 0 Å². The highest BCUT2D eigenvalue weighted by molar-refractivity contribution is 5.98. The monoisotopic (exact) mass is 512 g/mol. The van der Waals surface area contributed by atoms with Gasteiger partial charge in [0.05, 0.1) is 5.57 Å². The lowest BCUT2D eigenvalue weighted by Crippen LogP contribution is -2.52. The lowest BCUT2D eigenvalue weighted by Gasteiger charge is -2.57. The second-order valence-electron chi connectivity index (χ2n) is 12.3. The summed E-state index contributed by atoms with van der Waals surface area (Å²) in [6.45, 7) is 4.64. The highest BCUT2D eigenvalue weighted by Gasteiger charge is 2.60. The number of ether oxygens (including phenoxy) is 1. The normalized spacial score (nSPS) is 35.7. The molecule has 2 aromatic carbocycles. The number of carbonyl (C=O) groups excluding carboxylic acids is 1. The van der Waals surface area contributed by atoms with E-state index in [-0.39, 0.29) is 28.3 Å². The van der Waals surface area contributed by atoms with E-state index in [9.17, 15) is 19.8 Å². The zero-order chi connectivity index (χ0) is 26.7. The van der Waals surface area contributed by atoms with Gasteiger partial charge in [-0.1, -0.05) is 38.1 Å². The summed E-state index contributed by atoms with van der Waals surface area (Å²) in [6.07, 6.45) is 9.21. The average molecular weight is 513 g/mol. The van der Waals surface area contributed by atoms with Crippen LogP contribution in [0.15, 0.2) is 77.9 Å². The fourth-order valence-corrected chi connectivity index (χ4v) is 8.59. The standard InChI is InChI=1S/C33H36O5/c1-32-17-16-27-24(26(32)14-15-28(32)30(35)20-8-11-22(34)12-9-20)13-10-21-18-25(31(36)37)29(19-33(21,27)2)38-23-6-4-3-5-7-23/h3-12,18,24,26-29,34H,13-17,19H2,1-2H3,(H,36,37)/t24-,26-,27-,28+,29+,32-,33-/m0/s1. The van der Waals surface area contributed by atoms with E-state index in [1.807, 2.05) is 36.4 Å². The molecule has 0 unspecified atom stereocenters. The Kier molecular flexibility index (Phi) is 6.01. The second-order valence-corrected chi connectivity index (χ2v) is 12.3. The van der Waals surface area contributed by atoms with Crippen molar-refractivity contribution in [2.75, 3.05) is 0 Å². The molecule has 7 atom stereocenters. The van der Waals surface area contributed by atoms with Crippen molar-refractivity contribution in [3.63, 3.8) is 0 Å². The number of phenols is 1. The van der Waals surface area contributed by atoms with Crippen molar-refractivity contribution < 1.29 is 24.5 Å². The zero-order valence-electron chi connectivity index (χ0n) is 22.1. The van der Waals surface area contributed by atoms with Crippen LogP contribution in [0.1, 0.15) is 62.7 Å². The molecule has 4 aliphatic carbocycles. The molecule has 2 saturated carbocycles. The van der Waals surface area contributed by atoms with Crippen LogP contribution >= 0.6 is 0 Å². The van der Waals surface area contributed by atoms with Crippen LogP contribution < -0.4 is 4.74 Å². The largest absolute Gasteiger partial charge is 0.508 e. The molecule has 5 nitrogen and oxygen atoms in total. The number of rotatable bonds is 5. The Morgan fingerprint density at radius 1 is 0.947 bits per heavy atom. The first-order valence-electron chi connectivity index (χ1n) is 13.9. The smallest absolute Gasteiger partial charge is 0.335 e. The van der Waals surface area contributed by atoms with Crippen LogP contribution in [0, 0.1) is 34.5 Å². The van der Waals surface area contributed by atoms with E-state index < -0.39 is 12.1 Å². The Morgan fingerprint density at radius 2 is 1.68 bits per heavy atom. The summed E-state index contributed by atoms with van der Waals surface area (Å²) in [5.41, 5.74) is 1.95. The molecule has 198 valence electrons. The van der Waals surface area contributed by atoms with Gasteiger partial charge in [0.1, 0.15) is 17.6 Å². The van der Waals surface area contributed by atoms with E-state index in [0.29, 0.717) is 41.1 Å². The van der Waals surface area contributed by atoms with Gasteiger partial charge in [-0.25, -0.2) is 4.79 Å². The third-order valence-corrected chi connectivity index (χ3v) is 10.5. The predicted molar refractivity (Wildman–Crippen MR) is 145 cm³/mol. The van der Waals surface area contributed by atoms with E-state index in [1.54, 1.807) is 24.3 Å². The summed E-state index contributed by atoms with van der Waals surface area (Å²) < 4.78 is 6.30. The topological polar surface area (TPSA) is 83.8 Å². The van der Waals surface area contributed by atoms with Crippen LogP contribution in [0.2, 0.25) is 0 Å². The number of hydrogen-bond donors (Lipinski definition) is 2.